The number of carbonyl (C=O) groups excluding carboxylic acids is 2. The SMILES string of the molecule is CC(c1ccc(C(F)(F)F)cn1)N(C)C(=O)C(N)=O. The van der Waals surface area contributed by atoms with Gasteiger partial charge in [0, 0.05) is 13.2 Å². The number of halogens is 3. The molecular weight excluding hydrogens is 263 g/mol. The highest BCUT2D eigenvalue weighted by atomic mass is 19.4. The van der Waals surface area contributed by atoms with Crippen molar-refractivity contribution in [2.24, 2.45) is 5.73 Å². The van der Waals surface area contributed by atoms with Crippen molar-refractivity contribution < 1.29 is 22.8 Å². The number of hydrogen-bond donors (Lipinski definition) is 1. The van der Waals surface area contributed by atoms with Gasteiger partial charge in [-0.2, -0.15) is 13.2 Å². The maximum Gasteiger partial charge on any atom is 0.417 e. The summed E-state index contributed by atoms with van der Waals surface area (Å²) in [5.41, 5.74) is 4.18. The molecule has 0 saturated carbocycles. The van der Waals surface area contributed by atoms with Crippen LogP contribution in [0.15, 0.2) is 18.3 Å². The molecule has 2 N–H and O–H groups in total. The molecule has 0 radical (unpaired) electrons. The lowest BCUT2D eigenvalue weighted by atomic mass is 10.1. The Hall–Kier alpha value is -2.12. The van der Waals surface area contributed by atoms with Gasteiger partial charge in [-0.1, -0.05) is 0 Å². The van der Waals surface area contributed by atoms with Crippen LogP contribution in [0.25, 0.3) is 0 Å². The van der Waals surface area contributed by atoms with Crippen molar-refractivity contribution in [3.05, 3.63) is 29.6 Å². The van der Waals surface area contributed by atoms with Crippen LogP contribution < -0.4 is 5.73 Å². The maximum atomic E-state index is 12.3. The van der Waals surface area contributed by atoms with E-state index in [4.69, 9.17) is 5.73 Å². The summed E-state index contributed by atoms with van der Waals surface area (Å²) in [7, 11) is 1.32. The highest BCUT2D eigenvalue weighted by Gasteiger charge is 2.31. The van der Waals surface area contributed by atoms with E-state index in [1.165, 1.54) is 14.0 Å². The van der Waals surface area contributed by atoms with Crippen molar-refractivity contribution in [2.75, 3.05) is 7.05 Å². The van der Waals surface area contributed by atoms with E-state index < -0.39 is 29.6 Å². The Morgan fingerprint density at radius 3 is 2.32 bits per heavy atom. The van der Waals surface area contributed by atoms with Crippen LogP contribution in [0.4, 0.5) is 13.2 Å². The zero-order valence-corrected chi connectivity index (χ0v) is 10.2. The van der Waals surface area contributed by atoms with Gasteiger partial charge in [0.2, 0.25) is 0 Å². The second kappa shape index (κ2) is 5.25. The molecule has 1 atom stereocenters. The molecule has 8 heteroatoms. The quantitative estimate of drug-likeness (QED) is 0.821. The molecule has 1 aromatic rings. The van der Waals surface area contributed by atoms with Gasteiger partial charge in [0.25, 0.3) is 0 Å². The standard InChI is InChI=1S/C11H12F3N3O2/c1-6(17(2)10(19)9(15)18)8-4-3-7(5-16-8)11(12,13)14/h3-6H,1-2H3,(H2,15,18). The van der Waals surface area contributed by atoms with E-state index in [1.54, 1.807) is 0 Å². The predicted octanol–water partition coefficient (Wildman–Crippen LogP) is 1.11. The number of nitrogens with two attached hydrogens (primary N) is 1. The molecule has 0 fully saturated rings. The van der Waals surface area contributed by atoms with Gasteiger partial charge in [0.05, 0.1) is 17.3 Å². The van der Waals surface area contributed by atoms with Crippen LogP contribution in [0, 0.1) is 0 Å². The van der Waals surface area contributed by atoms with Crippen molar-refractivity contribution >= 4 is 11.8 Å². The van der Waals surface area contributed by atoms with Gasteiger partial charge in [0.1, 0.15) is 0 Å². The number of rotatable bonds is 2. The zero-order chi connectivity index (χ0) is 14.8. The highest BCUT2D eigenvalue weighted by Crippen LogP contribution is 2.29. The van der Waals surface area contributed by atoms with Crippen LogP contribution in [-0.4, -0.2) is 28.7 Å². The molecule has 0 spiro atoms. The van der Waals surface area contributed by atoms with Crippen LogP contribution in [0.3, 0.4) is 0 Å². The average Bonchev–Trinajstić information content (AvgIpc) is 2.35. The Kier molecular flexibility index (Phi) is 4.13. The molecule has 1 rings (SSSR count). The lowest BCUT2D eigenvalue weighted by molar-refractivity contribution is -0.144. The van der Waals surface area contributed by atoms with Crippen molar-refractivity contribution in [2.45, 2.75) is 19.1 Å². The second-order valence-corrected chi connectivity index (χ2v) is 3.93. The lowest BCUT2D eigenvalue weighted by Gasteiger charge is -2.23. The van der Waals surface area contributed by atoms with E-state index >= 15 is 0 Å². The first-order valence-electron chi connectivity index (χ1n) is 5.24. The van der Waals surface area contributed by atoms with Gasteiger partial charge in [-0.3, -0.25) is 14.6 Å². The summed E-state index contributed by atoms with van der Waals surface area (Å²) in [4.78, 5) is 26.7. The molecule has 19 heavy (non-hydrogen) atoms. The van der Waals surface area contributed by atoms with Crippen LogP contribution in [0.2, 0.25) is 0 Å². The van der Waals surface area contributed by atoms with E-state index in [-0.39, 0.29) is 5.69 Å². The maximum absolute atomic E-state index is 12.3. The second-order valence-electron chi connectivity index (χ2n) is 3.93. The summed E-state index contributed by atoms with van der Waals surface area (Å²) in [5.74, 6) is -2.07. The molecular formula is C11H12F3N3O2. The minimum absolute atomic E-state index is 0.227. The first-order valence-corrected chi connectivity index (χ1v) is 5.24. The third-order valence-corrected chi connectivity index (χ3v) is 2.65. The Labute approximate surface area is 107 Å². The Balaban J connectivity index is 2.92. The van der Waals surface area contributed by atoms with Crippen LogP contribution in [0.1, 0.15) is 24.2 Å². The Bertz CT molecular complexity index is 485. The van der Waals surface area contributed by atoms with Crippen LogP contribution in [-0.2, 0) is 15.8 Å². The van der Waals surface area contributed by atoms with E-state index in [9.17, 15) is 22.8 Å². The summed E-state index contributed by atoms with van der Waals surface area (Å²) in [6.07, 6.45) is -3.79. The number of nitrogens with zero attached hydrogens (tertiary/aromatic N) is 2. The molecule has 1 heterocycles. The number of likely N-dealkylation sites (N-methyl/N-ethyl adjacent to an activating group) is 1. The van der Waals surface area contributed by atoms with Gasteiger partial charge >= 0.3 is 18.0 Å². The molecule has 104 valence electrons. The van der Waals surface area contributed by atoms with Gasteiger partial charge < -0.3 is 10.6 Å². The number of pyridine rings is 1. The third-order valence-electron chi connectivity index (χ3n) is 2.65. The highest BCUT2D eigenvalue weighted by molar-refractivity contribution is 6.34. The summed E-state index contributed by atoms with van der Waals surface area (Å²) in [6, 6.07) is 1.35. The molecule has 5 nitrogen and oxygen atoms in total. The molecule has 0 bridgehead atoms. The minimum Gasteiger partial charge on any atom is -0.361 e. The predicted molar refractivity (Wildman–Crippen MR) is 59.6 cm³/mol. The fourth-order valence-corrected chi connectivity index (χ4v) is 1.37. The fraction of sp³-hybridized carbons (Fsp3) is 0.364. The molecule has 0 aliphatic carbocycles. The summed E-state index contributed by atoms with van der Waals surface area (Å²) in [5, 5.41) is 0. The normalized spacial score (nSPS) is 12.9. The number of primary amides is 1. The number of carbonyl (C=O) groups is 2. The van der Waals surface area contributed by atoms with Crippen molar-refractivity contribution in [1.82, 2.24) is 9.88 Å². The summed E-state index contributed by atoms with van der Waals surface area (Å²) in [6.45, 7) is 1.52. The molecule has 1 unspecified atom stereocenters. The number of amides is 2. The minimum atomic E-state index is -4.47. The fourth-order valence-electron chi connectivity index (χ4n) is 1.37. The van der Waals surface area contributed by atoms with E-state index in [0.29, 0.717) is 6.20 Å². The molecule has 1 aromatic heterocycles. The molecule has 0 saturated heterocycles. The topological polar surface area (TPSA) is 76.3 Å². The van der Waals surface area contributed by atoms with Gasteiger partial charge in [-0.25, -0.2) is 0 Å². The van der Waals surface area contributed by atoms with Crippen molar-refractivity contribution in [1.29, 1.82) is 0 Å². The van der Waals surface area contributed by atoms with E-state index in [2.05, 4.69) is 4.98 Å². The molecule has 2 amide bonds. The van der Waals surface area contributed by atoms with Crippen molar-refractivity contribution in [3.63, 3.8) is 0 Å². The number of hydrogen-bond acceptors (Lipinski definition) is 3. The van der Waals surface area contributed by atoms with Gasteiger partial charge in [-0.05, 0) is 19.1 Å². The van der Waals surface area contributed by atoms with Gasteiger partial charge in [0.15, 0.2) is 0 Å². The Morgan fingerprint density at radius 1 is 1.37 bits per heavy atom. The summed E-state index contributed by atoms with van der Waals surface area (Å²) >= 11 is 0. The van der Waals surface area contributed by atoms with Gasteiger partial charge in [-0.15, -0.1) is 0 Å². The lowest BCUT2D eigenvalue weighted by Crippen LogP contribution is -2.39. The van der Waals surface area contributed by atoms with Crippen molar-refractivity contribution in [3.8, 4) is 0 Å². The van der Waals surface area contributed by atoms with Crippen LogP contribution in [0.5, 0.6) is 0 Å². The molecule has 0 aromatic carbocycles. The summed E-state index contributed by atoms with van der Waals surface area (Å²) < 4.78 is 37.0. The van der Waals surface area contributed by atoms with E-state index in [0.717, 1.165) is 17.0 Å². The molecule has 0 aliphatic rings. The first kappa shape index (κ1) is 14.9. The van der Waals surface area contributed by atoms with E-state index in [1.807, 2.05) is 0 Å². The largest absolute Gasteiger partial charge is 0.417 e. The third kappa shape index (κ3) is 3.43. The number of aromatic nitrogens is 1. The molecule has 0 aliphatic heterocycles. The number of alkyl halides is 3. The Morgan fingerprint density at radius 2 is 1.95 bits per heavy atom. The smallest absolute Gasteiger partial charge is 0.361 e. The average molecular weight is 275 g/mol. The zero-order valence-electron chi connectivity index (χ0n) is 10.2. The van der Waals surface area contributed by atoms with Crippen LogP contribution >= 0.6 is 0 Å². The first-order chi connectivity index (χ1) is 8.64. The monoisotopic (exact) mass is 275 g/mol.